The summed E-state index contributed by atoms with van der Waals surface area (Å²) in [6.07, 6.45) is 5.53. The van der Waals surface area contributed by atoms with Gasteiger partial charge in [0.25, 0.3) is 0 Å². The number of benzene rings is 1. The van der Waals surface area contributed by atoms with Gasteiger partial charge < -0.3 is 20.6 Å². The highest BCUT2D eigenvalue weighted by molar-refractivity contribution is 5.74. The van der Waals surface area contributed by atoms with Crippen LogP contribution in [-0.2, 0) is 0 Å². The fourth-order valence-electron chi connectivity index (χ4n) is 5.20. The SMILES string of the molecule is O=C(NC1CCN(c2ccccc2)CC1)NC1C2CCC(C2)C1CO. The Morgan fingerprint density at radius 1 is 1.04 bits per heavy atom. The zero-order valence-electron chi connectivity index (χ0n) is 14.7. The number of fused-ring (bicyclic) bond motifs is 2. The van der Waals surface area contributed by atoms with E-state index < -0.39 is 0 Å². The number of anilines is 1. The summed E-state index contributed by atoms with van der Waals surface area (Å²) in [6, 6.07) is 10.8. The number of urea groups is 1. The van der Waals surface area contributed by atoms with Gasteiger partial charge in [-0.25, -0.2) is 4.79 Å². The van der Waals surface area contributed by atoms with Gasteiger partial charge in [0.1, 0.15) is 0 Å². The molecule has 0 aromatic heterocycles. The van der Waals surface area contributed by atoms with E-state index in [1.807, 2.05) is 6.07 Å². The number of amides is 2. The highest BCUT2D eigenvalue weighted by Crippen LogP contribution is 2.48. The second-order valence-corrected chi connectivity index (χ2v) is 7.92. The molecule has 3 N–H and O–H groups in total. The van der Waals surface area contributed by atoms with Crippen molar-refractivity contribution < 1.29 is 9.90 Å². The van der Waals surface area contributed by atoms with Crippen molar-refractivity contribution in [1.82, 2.24) is 10.6 Å². The Balaban J connectivity index is 1.25. The molecule has 136 valence electrons. The number of aliphatic hydroxyl groups is 1. The van der Waals surface area contributed by atoms with Crippen molar-refractivity contribution in [2.24, 2.45) is 17.8 Å². The maximum absolute atomic E-state index is 12.4. The summed E-state index contributed by atoms with van der Waals surface area (Å²) in [7, 11) is 0. The Bertz CT molecular complexity index is 586. The van der Waals surface area contributed by atoms with Crippen molar-refractivity contribution in [3.05, 3.63) is 30.3 Å². The Morgan fingerprint density at radius 3 is 2.48 bits per heavy atom. The van der Waals surface area contributed by atoms with Gasteiger partial charge in [-0.05, 0) is 56.1 Å². The quantitative estimate of drug-likeness (QED) is 0.786. The molecule has 1 aromatic rings. The van der Waals surface area contributed by atoms with Gasteiger partial charge in [-0.15, -0.1) is 0 Å². The number of piperidine rings is 1. The molecule has 1 saturated heterocycles. The third-order valence-corrected chi connectivity index (χ3v) is 6.55. The lowest BCUT2D eigenvalue weighted by Crippen LogP contribution is -2.53. The average molecular weight is 343 g/mol. The molecule has 5 nitrogen and oxygen atoms in total. The summed E-state index contributed by atoms with van der Waals surface area (Å²) >= 11 is 0. The third-order valence-electron chi connectivity index (χ3n) is 6.55. The number of nitrogens with zero attached hydrogens (tertiary/aromatic N) is 1. The van der Waals surface area contributed by atoms with Gasteiger partial charge in [-0.2, -0.15) is 0 Å². The molecular weight excluding hydrogens is 314 g/mol. The van der Waals surface area contributed by atoms with Crippen molar-refractivity contribution in [3.8, 4) is 0 Å². The minimum Gasteiger partial charge on any atom is -0.396 e. The number of carbonyl (C=O) groups excluding carboxylic acids is 1. The van der Waals surface area contributed by atoms with E-state index in [-0.39, 0.29) is 30.6 Å². The zero-order valence-corrected chi connectivity index (χ0v) is 14.7. The molecule has 4 unspecified atom stereocenters. The van der Waals surface area contributed by atoms with E-state index in [0.717, 1.165) is 25.9 Å². The molecule has 3 fully saturated rings. The summed E-state index contributed by atoms with van der Waals surface area (Å²) in [5.74, 6) is 1.42. The van der Waals surface area contributed by atoms with E-state index in [0.29, 0.717) is 11.8 Å². The van der Waals surface area contributed by atoms with Crippen molar-refractivity contribution in [3.63, 3.8) is 0 Å². The summed E-state index contributed by atoms with van der Waals surface area (Å²) < 4.78 is 0. The number of carbonyl (C=O) groups is 1. The number of hydrogen-bond acceptors (Lipinski definition) is 3. The molecule has 2 saturated carbocycles. The van der Waals surface area contributed by atoms with E-state index in [1.54, 1.807) is 0 Å². The van der Waals surface area contributed by atoms with Crippen LogP contribution in [0.25, 0.3) is 0 Å². The van der Waals surface area contributed by atoms with Crippen LogP contribution in [0.5, 0.6) is 0 Å². The lowest BCUT2D eigenvalue weighted by atomic mass is 9.85. The van der Waals surface area contributed by atoms with Crippen LogP contribution in [0.1, 0.15) is 32.1 Å². The molecule has 25 heavy (non-hydrogen) atoms. The molecule has 2 bridgehead atoms. The third kappa shape index (κ3) is 3.47. The minimum atomic E-state index is -0.0471. The standard InChI is InChI=1S/C20H29N3O2/c24-13-18-14-6-7-15(12-14)19(18)22-20(25)21-16-8-10-23(11-9-16)17-4-2-1-3-5-17/h1-5,14-16,18-19,24H,6-13H2,(H2,21,22,25). The Morgan fingerprint density at radius 2 is 1.76 bits per heavy atom. The lowest BCUT2D eigenvalue weighted by Gasteiger charge is -2.35. The molecule has 0 radical (unpaired) electrons. The van der Waals surface area contributed by atoms with Gasteiger partial charge in [-0.3, -0.25) is 0 Å². The van der Waals surface area contributed by atoms with Crippen LogP contribution in [0, 0.1) is 17.8 Å². The zero-order chi connectivity index (χ0) is 17.2. The highest BCUT2D eigenvalue weighted by Gasteiger charge is 2.47. The van der Waals surface area contributed by atoms with Crippen molar-refractivity contribution in [2.75, 3.05) is 24.6 Å². The van der Waals surface area contributed by atoms with Crippen LogP contribution in [0.2, 0.25) is 0 Å². The summed E-state index contributed by atoms with van der Waals surface area (Å²) in [5.41, 5.74) is 1.26. The molecule has 3 aliphatic rings. The van der Waals surface area contributed by atoms with Crippen LogP contribution in [0.4, 0.5) is 10.5 Å². The van der Waals surface area contributed by atoms with Crippen LogP contribution < -0.4 is 15.5 Å². The number of nitrogens with one attached hydrogen (secondary N) is 2. The van der Waals surface area contributed by atoms with Crippen molar-refractivity contribution >= 4 is 11.7 Å². The smallest absolute Gasteiger partial charge is 0.315 e. The number of rotatable bonds is 4. The summed E-state index contributed by atoms with van der Waals surface area (Å²) in [4.78, 5) is 14.8. The first-order chi connectivity index (χ1) is 12.2. The van der Waals surface area contributed by atoms with E-state index in [1.165, 1.54) is 24.9 Å². The molecule has 4 rings (SSSR count). The molecule has 2 amide bonds. The van der Waals surface area contributed by atoms with Gasteiger partial charge >= 0.3 is 6.03 Å². The predicted octanol–water partition coefficient (Wildman–Crippen LogP) is 2.36. The van der Waals surface area contributed by atoms with Crippen molar-refractivity contribution in [2.45, 2.75) is 44.2 Å². The number of para-hydroxylation sites is 1. The maximum atomic E-state index is 12.4. The molecule has 4 atom stereocenters. The van der Waals surface area contributed by atoms with Gasteiger partial charge in [0.15, 0.2) is 0 Å². The molecule has 1 aliphatic heterocycles. The lowest BCUT2D eigenvalue weighted by molar-refractivity contribution is 0.143. The monoisotopic (exact) mass is 343 g/mol. The summed E-state index contributed by atoms with van der Waals surface area (Å²) in [5, 5.41) is 16.0. The van der Waals surface area contributed by atoms with Crippen LogP contribution in [-0.4, -0.2) is 42.9 Å². The van der Waals surface area contributed by atoms with Gasteiger partial charge in [-0.1, -0.05) is 18.2 Å². The first kappa shape index (κ1) is 16.7. The molecule has 5 heteroatoms. The number of hydrogen-bond donors (Lipinski definition) is 3. The van der Waals surface area contributed by atoms with Gasteiger partial charge in [0, 0.05) is 43.4 Å². The van der Waals surface area contributed by atoms with Gasteiger partial charge in [0.2, 0.25) is 0 Å². The fourth-order valence-corrected chi connectivity index (χ4v) is 5.20. The van der Waals surface area contributed by atoms with Crippen LogP contribution in [0.15, 0.2) is 30.3 Å². The minimum absolute atomic E-state index is 0.0471. The topological polar surface area (TPSA) is 64.6 Å². The van der Waals surface area contributed by atoms with Crippen LogP contribution in [0.3, 0.4) is 0 Å². The van der Waals surface area contributed by atoms with E-state index >= 15 is 0 Å². The summed E-state index contributed by atoms with van der Waals surface area (Å²) in [6.45, 7) is 2.15. The van der Waals surface area contributed by atoms with Gasteiger partial charge in [0.05, 0.1) is 0 Å². The molecule has 2 aliphatic carbocycles. The highest BCUT2D eigenvalue weighted by atomic mass is 16.3. The predicted molar refractivity (Wildman–Crippen MR) is 98.5 cm³/mol. The Labute approximate surface area is 149 Å². The average Bonchev–Trinajstić information content (AvgIpc) is 3.24. The number of aliphatic hydroxyl groups excluding tert-OH is 1. The Kier molecular flexibility index (Phi) is 4.84. The Hall–Kier alpha value is -1.75. The second kappa shape index (κ2) is 7.24. The molecule has 1 heterocycles. The van der Waals surface area contributed by atoms with E-state index in [2.05, 4.69) is 39.8 Å². The first-order valence-electron chi connectivity index (χ1n) is 9.72. The van der Waals surface area contributed by atoms with E-state index in [9.17, 15) is 9.90 Å². The second-order valence-electron chi connectivity index (χ2n) is 7.92. The van der Waals surface area contributed by atoms with Crippen molar-refractivity contribution in [1.29, 1.82) is 0 Å². The molecule has 0 spiro atoms. The van der Waals surface area contributed by atoms with Crippen LogP contribution >= 0.6 is 0 Å². The molecular formula is C20H29N3O2. The normalized spacial score (nSPS) is 32.0. The molecule has 1 aromatic carbocycles. The maximum Gasteiger partial charge on any atom is 0.315 e. The van der Waals surface area contributed by atoms with E-state index in [4.69, 9.17) is 0 Å². The first-order valence-corrected chi connectivity index (χ1v) is 9.72. The fraction of sp³-hybridized carbons (Fsp3) is 0.650. The largest absolute Gasteiger partial charge is 0.396 e.